The third kappa shape index (κ3) is 12.1. The molecule has 3 aromatic rings. The molecule has 0 aliphatic carbocycles. The van der Waals surface area contributed by atoms with Gasteiger partial charge < -0.3 is 9.47 Å². The van der Waals surface area contributed by atoms with Crippen LogP contribution < -0.4 is 9.47 Å². The van der Waals surface area contributed by atoms with Crippen LogP contribution in [-0.2, 0) is 0 Å². The Morgan fingerprint density at radius 1 is 0.575 bits per heavy atom. The van der Waals surface area contributed by atoms with Crippen molar-refractivity contribution in [3.05, 3.63) is 60.9 Å². The minimum absolute atomic E-state index is 0.108. The van der Waals surface area contributed by atoms with Gasteiger partial charge in [0.05, 0.1) is 6.61 Å². The number of benzene rings is 2. The smallest absolute Gasteiger partial charge is 0.159 e. The van der Waals surface area contributed by atoms with Gasteiger partial charge in [-0.25, -0.2) is 14.4 Å². The van der Waals surface area contributed by atoms with E-state index in [2.05, 4.69) is 23.8 Å². The van der Waals surface area contributed by atoms with E-state index >= 15 is 0 Å². The molecule has 0 saturated heterocycles. The van der Waals surface area contributed by atoms with Crippen LogP contribution in [0.2, 0.25) is 0 Å². The lowest BCUT2D eigenvalue weighted by molar-refractivity contribution is 0.184. The average molecular weight is 549 g/mol. The normalized spacial score (nSPS) is 11.9. The first-order valence-electron chi connectivity index (χ1n) is 15.6. The third-order valence-electron chi connectivity index (χ3n) is 7.27. The molecule has 1 aromatic heterocycles. The van der Waals surface area contributed by atoms with Crippen molar-refractivity contribution in [2.24, 2.45) is 0 Å². The lowest BCUT2D eigenvalue weighted by Gasteiger charge is -2.11. The SMILES string of the molecule is CCCCCCCCCCC(F)COc1ccc(-c2cnc(-c3ccc(OCCCCCCC)cc3)nc2)cc1. The fourth-order valence-electron chi connectivity index (χ4n) is 4.74. The third-order valence-corrected chi connectivity index (χ3v) is 7.27. The molecule has 0 aliphatic heterocycles. The van der Waals surface area contributed by atoms with Crippen molar-refractivity contribution >= 4 is 0 Å². The minimum Gasteiger partial charge on any atom is -0.494 e. The maximum atomic E-state index is 14.3. The Kier molecular flexibility index (Phi) is 15.1. The Labute approximate surface area is 241 Å². The van der Waals surface area contributed by atoms with Gasteiger partial charge in [0.1, 0.15) is 24.3 Å². The van der Waals surface area contributed by atoms with Gasteiger partial charge in [0, 0.05) is 23.5 Å². The zero-order chi connectivity index (χ0) is 28.3. The van der Waals surface area contributed by atoms with Crippen molar-refractivity contribution in [1.29, 1.82) is 0 Å². The summed E-state index contributed by atoms with van der Waals surface area (Å²) < 4.78 is 25.8. The number of hydrogen-bond acceptors (Lipinski definition) is 4. The van der Waals surface area contributed by atoms with Gasteiger partial charge in [0.2, 0.25) is 0 Å². The van der Waals surface area contributed by atoms with Crippen LogP contribution in [0.4, 0.5) is 4.39 Å². The van der Waals surface area contributed by atoms with Crippen molar-refractivity contribution < 1.29 is 13.9 Å². The number of unbranched alkanes of at least 4 members (excludes halogenated alkanes) is 11. The number of halogens is 1. The Bertz CT molecular complexity index is 1040. The van der Waals surface area contributed by atoms with Crippen LogP contribution in [0.1, 0.15) is 104 Å². The van der Waals surface area contributed by atoms with Gasteiger partial charge in [-0.05, 0) is 54.8 Å². The average Bonchev–Trinajstić information content (AvgIpc) is 3.00. The molecule has 1 atom stereocenters. The minimum atomic E-state index is -0.920. The zero-order valence-electron chi connectivity index (χ0n) is 24.8. The molecule has 0 aliphatic rings. The molecule has 218 valence electrons. The van der Waals surface area contributed by atoms with E-state index in [1.54, 1.807) is 0 Å². The molecule has 0 amide bonds. The van der Waals surface area contributed by atoms with Crippen molar-refractivity contribution in [2.75, 3.05) is 13.2 Å². The fraction of sp³-hybridized carbons (Fsp3) is 0.543. The van der Waals surface area contributed by atoms with E-state index in [-0.39, 0.29) is 6.61 Å². The number of alkyl halides is 1. The van der Waals surface area contributed by atoms with Gasteiger partial charge in [0.15, 0.2) is 5.82 Å². The van der Waals surface area contributed by atoms with Gasteiger partial charge in [-0.3, -0.25) is 0 Å². The van der Waals surface area contributed by atoms with Crippen LogP contribution in [0.15, 0.2) is 60.9 Å². The predicted octanol–water partition coefficient (Wildman–Crippen LogP) is 10.4. The second kappa shape index (κ2) is 19.2. The summed E-state index contributed by atoms with van der Waals surface area (Å²) in [5, 5.41) is 0. The number of hydrogen-bond donors (Lipinski definition) is 0. The van der Waals surface area contributed by atoms with E-state index in [9.17, 15) is 4.39 Å². The molecule has 0 saturated carbocycles. The molecule has 5 heteroatoms. The van der Waals surface area contributed by atoms with Gasteiger partial charge in [-0.1, -0.05) is 103 Å². The van der Waals surface area contributed by atoms with Crippen LogP contribution >= 0.6 is 0 Å². The summed E-state index contributed by atoms with van der Waals surface area (Å²) >= 11 is 0. The van der Waals surface area contributed by atoms with E-state index < -0.39 is 6.17 Å². The molecule has 1 unspecified atom stereocenters. The Morgan fingerprint density at radius 3 is 1.68 bits per heavy atom. The topological polar surface area (TPSA) is 44.2 Å². The largest absolute Gasteiger partial charge is 0.494 e. The van der Waals surface area contributed by atoms with Gasteiger partial charge in [0.25, 0.3) is 0 Å². The zero-order valence-corrected chi connectivity index (χ0v) is 24.8. The number of aromatic nitrogens is 2. The van der Waals surface area contributed by atoms with Crippen molar-refractivity contribution in [1.82, 2.24) is 9.97 Å². The molecule has 4 nitrogen and oxygen atoms in total. The molecule has 1 heterocycles. The summed E-state index contributed by atoms with van der Waals surface area (Å²) in [5.41, 5.74) is 2.88. The van der Waals surface area contributed by atoms with E-state index in [0.717, 1.165) is 48.3 Å². The lowest BCUT2D eigenvalue weighted by Crippen LogP contribution is -2.12. The molecule has 3 rings (SSSR count). The quantitative estimate of drug-likeness (QED) is 0.124. The summed E-state index contributed by atoms with van der Waals surface area (Å²) in [5.74, 6) is 2.24. The van der Waals surface area contributed by atoms with Gasteiger partial charge in [-0.2, -0.15) is 0 Å². The highest BCUT2D eigenvalue weighted by atomic mass is 19.1. The van der Waals surface area contributed by atoms with E-state index in [1.807, 2.05) is 60.9 Å². The van der Waals surface area contributed by atoms with Crippen molar-refractivity contribution in [2.45, 2.75) is 110 Å². The number of rotatable bonds is 21. The van der Waals surface area contributed by atoms with E-state index in [4.69, 9.17) is 9.47 Å². The molecule has 40 heavy (non-hydrogen) atoms. The maximum absolute atomic E-state index is 14.3. The Balaban J connectivity index is 1.37. The fourth-order valence-corrected chi connectivity index (χ4v) is 4.74. The molecule has 0 radical (unpaired) electrons. The summed E-state index contributed by atoms with van der Waals surface area (Å²) in [4.78, 5) is 9.14. The van der Waals surface area contributed by atoms with Crippen LogP contribution in [0, 0.1) is 0 Å². The molecule has 0 spiro atoms. The first-order chi connectivity index (χ1) is 19.7. The maximum Gasteiger partial charge on any atom is 0.159 e. The first-order valence-corrected chi connectivity index (χ1v) is 15.6. The summed E-state index contributed by atoms with van der Waals surface area (Å²) in [6.07, 6.45) is 19.3. The van der Waals surface area contributed by atoms with Crippen LogP contribution in [0.25, 0.3) is 22.5 Å². The van der Waals surface area contributed by atoms with E-state index in [1.165, 1.54) is 64.2 Å². The highest BCUT2D eigenvalue weighted by Gasteiger charge is 2.09. The molecule has 2 aromatic carbocycles. The summed E-state index contributed by atoms with van der Waals surface area (Å²) in [7, 11) is 0. The monoisotopic (exact) mass is 548 g/mol. The number of ether oxygens (including phenoxy) is 2. The van der Waals surface area contributed by atoms with E-state index in [0.29, 0.717) is 18.0 Å². The predicted molar refractivity (Wildman–Crippen MR) is 165 cm³/mol. The first kappa shape index (κ1) is 31.6. The second-order valence-corrected chi connectivity index (χ2v) is 10.8. The second-order valence-electron chi connectivity index (χ2n) is 10.8. The highest BCUT2D eigenvalue weighted by molar-refractivity contribution is 5.64. The van der Waals surface area contributed by atoms with Crippen LogP contribution in [-0.4, -0.2) is 29.4 Å². The Morgan fingerprint density at radius 2 is 1.07 bits per heavy atom. The lowest BCUT2D eigenvalue weighted by atomic mass is 10.1. The van der Waals surface area contributed by atoms with Gasteiger partial charge in [-0.15, -0.1) is 0 Å². The molecule has 0 N–H and O–H groups in total. The highest BCUT2D eigenvalue weighted by Crippen LogP contribution is 2.24. The molecule has 0 bridgehead atoms. The van der Waals surface area contributed by atoms with Crippen molar-refractivity contribution in [3.8, 4) is 34.0 Å². The van der Waals surface area contributed by atoms with Crippen molar-refractivity contribution in [3.63, 3.8) is 0 Å². The standard InChI is InChI=1S/C35H49FN2O2/c1-3-5-7-9-10-11-12-14-16-32(36)28-40-34-21-17-29(18-22-34)31-26-37-35(38-27-31)30-19-23-33(24-20-30)39-25-15-13-8-6-4-2/h17-24,26-27,32H,3-16,25,28H2,1-2H3. The summed E-state index contributed by atoms with van der Waals surface area (Å²) in [6.45, 7) is 5.33. The molecule has 0 fully saturated rings. The van der Waals surface area contributed by atoms with Gasteiger partial charge >= 0.3 is 0 Å². The molecular formula is C35H49FN2O2. The molecular weight excluding hydrogens is 499 g/mol. The van der Waals surface area contributed by atoms with Crippen LogP contribution in [0.3, 0.4) is 0 Å². The van der Waals surface area contributed by atoms with Crippen LogP contribution in [0.5, 0.6) is 11.5 Å². The Hall–Kier alpha value is -2.95. The number of nitrogens with zero attached hydrogens (tertiary/aromatic N) is 2. The summed E-state index contributed by atoms with van der Waals surface area (Å²) in [6, 6.07) is 15.7.